The third-order valence-corrected chi connectivity index (χ3v) is 3.77. The molecule has 7 heteroatoms. The molecule has 2 aromatic rings. The lowest BCUT2D eigenvalue weighted by Gasteiger charge is -2.14. The van der Waals surface area contributed by atoms with Gasteiger partial charge >= 0.3 is 5.97 Å². The summed E-state index contributed by atoms with van der Waals surface area (Å²) < 4.78 is 15.6. The first kappa shape index (κ1) is 19.6. The number of amides is 1. The fourth-order valence-electron chi connectivity index (χ4n) is 2.12. The number of halogens is 1. The van der Waals surface area contributed by atoms with Crippen LogP contribution in [-0.2, 0) is 9.53 Å². The van der Waals surface area contributed by atoms with Crippen LogP contribution >= 0.6 is 11.6 Å². The third-order valence-electron chi connectivity index (χ3n) is 3.47. The molecule has 2 rings (SSSR count). The molecule has 1 N–H and O–H groups in total. The van der Waals surface area contributed by atoms with Gasteiger partial charge in [0.25, 0.3) is 5.91 Å². The van der Waals surface area contributed by atoms with Gasteiger partial charge in [-0.15, -0.1) is 0 Å². The zero-order valence-electron chi connectivity index (χ0n) is 14.7. The molecular weight excluding hydrogens is 358 g/mol. The molecule has 0 aliphatic carbocycles. The summed E-state index contributed by atoms with van der Waals surface area (Å²) in [5.74, 6) is 0.0971. The van der Waals surface area contributed by atoms with Crippen molar-refractivity contribution in [1.29, 1.82) is 0 Å². The SMILES string of the molecule is CCOc1ccc(C(=O)OC(C)C(=O)Nc2ccc(OC)c(Cl)c2)cc1. The van der Waals surface area contributed by atoms with Gasteiger partial charge in [-0.1, -0.05) is 11.6 Å². The van der Waals surface area contributed by atoms with E-state index in [4.69, 9.17) is 25.8 Å². The van der Waals surface area contributed by atoms with Crippen LogP contribution in [0.1, 0.15) is 24.2 Å². The van der Waals surface area contributed by atoms with E-state index in [2.05, 4.69) is 5.32 Å². The first-order valence-electron chi connectivity index (χ1n) is 8.02. The number of esters is 1. The Labute approximate surface area is 157 Å². The fraction of sp³-hybridized carbons (Fsp3) is 0.263. The van der Waals surface area contributed by atoms with Crippen LogP contribution in [-0.4, -0.2) is 31.7 Å². The summed E-state index contributed by atoms with van der Waals surface area (Å²) in [4.78, 5) is 24.3. The average Bonchev–Trinajstić information content (AvgIpc) is 2.62. The van der Waals surface area contributed by atoms with Crippen molar-refractivity contribution in [1.82, 2.24) is 0 Å². The lowest BCUT2D eigenvalue weighted by Crippen LogP contribution is -2.30. The zero-order chi connectivity index (χ0) is 19.1. The summed E-state index contributed by atoms with van der Waals surface area (Å²) in [6, 6.07) is 11.3. The minimum absolute atomic E-state index is 0.334. The Kier molecular flexibility index (Phi) is 6.86. The lowest BCUT2D eigenvalue weighted by atomic mass is 10.2. The fourth-order valence-corrected chi connectivity index (χ4v) is 2.38. The average molecular weight is 378 g/mol. The number of hydrogen-bond acceptors (Lipinski definition) is 5. The maximum absolute atomic E-state index is 12.2. The Morgan fingerprint density at radius 1 is 1.15 bits per heavy atom. The van der Waals surface area contributed by atoms with E-state index in [1.165, 1.54) is 14.0 Å². The number of ether oxygens (including phenoxy) is 3. The molecule has 6 nitrogen and oxygen atoms in total. The molecule has 1 unspecified atom stereocenters. The molecule has 0 aliphatic heterocycles. The number of anilines is 1. The molecule has 0 spiro atoms. The smallest absolute Gasteiger partial charge is 0.338 e. The second kappa shape index (κ2) is 9.10. The highest BCUT2D eigenvalue weighted by Crippen LogP contribution is 2.27. The molecule has 0 heterocycles. The Hall–Kier alpha value is -2.73. The van der Waals surface area contributed by atoms with Crippen LogP contribution in [0.15, 0.2) is 42.5 Å². The Bertz CT molecular complexity index is 776. The van der Waals surface area contributed by atoms with Gasteiger partial charge in [0.05, 0.1) is 24.3 Å². The van der Waals surface area contributed by atoms with Gasteiger partial charge < -0.3 is 19.5 Å². The Balaban J connectivity index is 1.95. The molecule has 0 aliphatic rings. The monoisotopic (exact) mass is 377 g/mol. The molecule has 0 aromatic heterocycles. The minimum atomic E-state index is -0.977. The third kappa shape index (κ3) is 5.13. The van der Waals surface area contributed by atoms with Gasteiger partial charge in [0.2, 0.25) is 0 Å². The molecule has 2 aromatic carbocycles. The summed E-state index contributed by atoms with van der Waals surface area (Å²) >= 11 is 6.02. The largest absolute Gasteiger partial charge is 0.495 e. The van der Waals surface area contributed by atoms with Gasteiger partial charge in [-0.2, -0.15) is 0 Å². The molecule has 0 bridgehead atoms. The molecule has 0 saturated heterocycles. The van der Waals surface area contributed by atoms with Crippen LogP contribution in [0.25, 0.3) is 0 Å². The van der Waals surface area contributed by atoms with Crippen LogP contribution in [0.3, 0.4) is 0 Å². The normalized spacial score (nSPS) is 11.4. The highest BCUT2D eigenvalue weighted by Gasteiger charge is 2.19. The van der Waals surface area contributed by atoms with Crippen molar-refractivity contribution in [2.24, 2.45) is 0 Å². The topological polar surface area (TPSA) is 73.9 Å². The standard InChI is InChI=1S/C19H20ClNO5/c1-4-25-15-8-5-13(6-9-15)19(23)26-12(2)18(22)21-14-7-10-17(24-3)16(20)11-14/h5-12H,4H2,1-3H3,(H,21,22). The first-order chi connectivity index (χ1) is 12.4. The van der Waals surface area contributed by atoms with Crippen LogP contribution in [0.2, 0.25) is 5.02 Å². The van der Waals surface area contributed by atoms with E-state index < -0.39 is 18.0 Å². The predicted molar refractivity (Wildman–Crippen MR) is 99.1 cm³/mol. The molecule has 1 atom stereocenters. The number of nitrogens with one attached hydrogen (secondary N) is 1. The predicted octanol–water partition coefficient (Wildman–Crippen LogP) is 3.93. The maximum Gasteiger partial charge on any atom is 0.338 e. The van der Waals surface area contributed by atoms with Crippen molar-refractivity contribution >= 4 is 29.2 Å². The number of carbonyl (C=O) groups is 2. The molecule has 1 amide bonds. The second-order valence-electron chi connectivity index (χ2n) is 5.34. The van der Waals surface area contributed by atoms with Crippen molar-refractivity contribution in [3.63, 3.8) is 0 Å². The zero-order valence-corrected chi connectivity index (χ0v) is 15.5. The van der Waals surface area contributed by atoms with Crippen molar-refractivity contribution in [3.05, 3.63) is 53.1 Å². The minimum Gasteiger partial charge on any atom is -0.495 e. The quantitative estimate of drug-likeness (QED) is 0.740. The molecule has 0 saturated carbocycles. The summed E-state index contributed by atoms with van der Waals surface area (Å²) in [5.41, 5.74) is 0.811. The van der Waals surface area contributed by atoms with Crippen molar-refractivity contribution in [3.8, 4) is 11.5 Å². The summed E-state index contributed by atoms with van der Waals surface area (Å²) in [6.45, 7) is 3.90. The molecule has 0 fully saturated rings. The Morgan fingerprint density at radius 2 is 1.85 bits per heavy atom. The van der Waals surface area contributed by atoms with Crippen LogP contribution in [0, 0.1) is 0 Å². The van der Waals surface area contributed by atoms with Gasteiger partial charge in [0.1, 0.15) is 11.5 Å². The van der Waals surface area contributed by atoms with Gasteiger partial charge in [-0.25, -0.2) is 4.79 Å². The van der Waals surface area contributed by atoms with E-state index in [-0.39, 0.29) is 0 Å². The van der Waals surface area contributed by atoms with E-state index in [0.29, 0.717) is 34.4 Å². The molecule has 26 heavy (non-hydrogen) atoms. The van der Waals surface area contributed by atoms with Crippen molar-refractivity contribution in [2.45, 2.75) is 20.0 Å². The highest BCUT2D eigenvalue weighted by molar-refractivity contribution is 6.32. The highest BCUT2D eigenvalue weighted by atomic mass is 35.5. The lowest BCUT2D eigenvalue weighted by molar-refractivity contribution is -0.123. The van der Waals surface area contributed by atoms with Crippen LogP contribution in [0.4, 0.5) is 5.69 Å². The van der Waals surface area contributed by atoms with Crippen LogP contribution in [0.5, 0.6) is 11.5 Å². The van der Waals surface area contributed by atoms with Gasteiger partial charge in [-0.05, 0) is 56.3 Å². The van der Waals surface area contributed by atoms with E-state index in [9.17, 15) is 9.59 Å². The number of hydrogen-bond donors (Lipinski definition) is 1. The number of carbonyl (C=O) groups excluding carboxylic acids is 2. The second-order valence-corrected chi connectivity index (χ2v) is 5.75. The van der Waals surface area contributed by atoms with Crippen molar-refractivity contribution in [2.75, 3.05) is 19.0 Å². The van der Waals surface area contributed by atoms with E-state index in [1.807, 2.05) is 6.92 Å². The molecule has 0 radical (unpaired) electrons. The summed E-state index contributed by atoms with van der Waals surface area (Å²) in [5, 5.41) is 3.01. The van der Waals surface area contributed by atoms with E-state index >= 15 is 0 Å². The Morgan fingerprint density at radius 3 is 2.42 bits per heavy atom. The number of rotatable bonds is 7. The maximum atomic E-state index is 12.2. The van der Waals surface area contributed by atoms with Gasteiger partial charge in [0, 0.05) is 5.69 Å². The van der Waals surface area contributed by atoms with Gasteiger partial charge in [0.15, 0.2) is 6.10 Å². The first-order valence-corrected chi connectivity index (χ1v) is 8.40. The molecular formula is C19H20ClNO5. The molecule has 138 valence electrons. The summed E-state index contributed by atoms with van der Waals surface area (Å²) in [6.07, 6.45) is -0.977. The van der Waals surface area contributed by atoms with Crippen molar-refractivity contribution < 1.29 is 23.8 Å². The van der Waals surface area contributed by atoms with E-state index in [1.54, 1.807) is 42.5 Å². The van der Waals surface area contributed by atoms with Gasteiger partial charge in [-0.3, -0.25) is 4.79 Å². The van der Waals surface area contributed by atoms with Crippen LogP contribution < -0.4 is 14.8 Å². The van der Waals surface area contributed by atoms with E-state index in [0.717, 1.165) is 0 Å². The summed E-state index contributed by atoms with van der Waals surface area (Å²) in [7, 11) is 1.50. The number of methoxy groups -OCH3 is 1. The number of benzene rings is 2.